The fraction of sp³-hybridized carbons (Fsp3) is 0.200. The molecule has 3 aromatic rings. The Bertz CT molecular complexity index is 1100. The number of allylic oxidation sites excluding steroid dienone is 6. The molecule has 2 aliphatic carbocycles. The van der Waals surface area contributed by atoms with E-state index in [-0.39, 0.29) is 0 Å². The van der Waals surface area contributed by atoms with Crippen LogP contribution in [0.25, 0.3) is 11.1 Å². The Hall–Kier alpha value is -3.32. The molecule has 1 nitrogen and oxygen atoms in total. The van der Waals surface area contributed by atoms with Gasteiger partial charge < -0.3 is 4.90 Å². The van der Waals surface area contributed by atoms with Crippen molar-refractivity contribution in [2.45, 2.75) is 38.5 Å². The van der Waals surface area contributed by atoms with Crippen LogP contribution in [0, 0.1) is 0 Å². The predicted octanol–water partition coefficient (Wildman–Crippen LogP) is 8.85. The minimum absolute atomic E-state index is 1.13. The van der Waals surface area contributed by atoms with E-state index in [9.17, 15) is 0 Å². The van der Waals surface area contributed by atoms with Crippen LogP contribution < -0.4 is 4.90 Å². The van der Waals surface area contributed by atoms with E-state index in [1.165, 1.54) is 65.0 Å². The lowest BCUT2D eigenvalue weighted by molar-refractivity contribution is 0.742. The van der Waals surface area contributed by atoms with Crippen molar-refractivity contribution in [3.63, 3.8) is 0 Å². The highest BCUT2D eigenvalue weighted by atomic mass is 15.1. The molecule has 0 N–H and O–H groups in total. The largest absolute Gasteiger partial charge is 0.311 e. The first kappa shape index (κ1) is 19.6. The third-order valence-corrected chi connectivity index (χ3v) is 6.26. The maximum atomic E-state index is 2.42. The highest BCUT2D eigenvalue weighted by molar-refractivity contribution is 5.80. The molecule has 0 unspecified atom stereocenters. The minimum atomic E-state index is 1.13. The van der Waals surface area contributed by atoms with E-state index in [1.54, 1.807) is 0 Å². The van der Waals surface area contributed by atoms with Gasteiger partial charge >= 0.3 is 0 Å². The monoisotopic (exact) mass is 403 g/mol. The van der Waals surface area contributed by atoms with Gasteiger partial charge in [0.2, 0.25) is 0 Å². The van der Waals surface area contributed by atoms with Crippen LogP contribution >= 0.6 is 0 Å². The highest BCUT2D eigenvalue weighted by Gasteiger charge is 2.14. The zero-order chi connectivity index (χ0) is 20.9. The molecule has 0 radical (unpaired) electrons. The summed E-state index contributed by atoms with van der Waals surface area (Å²) in [5, 5.41) is 0. The van der Waals surface area contributed by atoms with Gasteiger partial charge in [-0.25, -0.2) is 0 Å². The summed E-state index contributed by atoms with van der Waals surface area (Å²) in [6.45, 7) is 0. The molecule has 5 rings (SSSR count). The van der Waals surface area contributed by atoms with Crippen LogP contribution in [-0.2, 0) is 0 Å². The number of hydrogen-bond acceptors (Lipinski definition) is 1. The summed E-state index contributed by atoms with van der Waals surface area (Å²) in [4.78, 5) is 2.34. The topological polar surface area (TPSA) is 3.24 Å². The van der Waals surface area contributed by atoms with Crippen molar-refractivity contribution in [3.8, 4) is 0 Å². The normalized spacial score (nSPS) is 15.9. The number of nitrogens with zero attached hydrogens (tertiary/aromatic N) is 1. The van der Waals surface area contributed by atoms with Gasteiger partial charge in [0.1, 0.15) is 0 Å². The fourth-order valence-corrected chi connectivity index (χ4v) is 4.58. The van der Waals surface area contributed by atoms with Crippen molar-refractivity contribution < 1.29 is 0 Å². The van der Waals surface area contributed by atoms with E-state index < -0.39 is 0 Å². The molecular weight excluding hydrogens is 374 g/mol. The molecule has 1 heteroatoms. The molecule has 2 aliphatic rings. The molecular formula is C30H29N. The molecule has 0 atom stereocenters. The van der Waals surface area contributed by atoms with Crippen molar-refractivity contribution in [1.82, 2.24) is 0 Å². The van der Waals surface area contributed by atoms with Crippen LogP contribution in [0.4, 0.5) is 17.1 Å². The fourth-order valence-electron chi connectivity index (χ4n) is 4.58. The molecule has 0 spiro atoms. The van der Waals surface area contributed by atoms with E-state index in [1.807, 2.05) is 0 Å². The number of para-hydroxylation sites is 1. The Morgan fingerprint density at radius 2 is 1.23 bits per heavy atom. The van der Waals surface area contributed by atoms with E-state index in [0.717, 1.165) is 12.8 Å². The lowest BCUT2D eigenvalue weighted by Crippen LogP contribution is -2.10. The summed E-state index contributed by atoms with van der Waals surface area (Å²) in [6.07, 6.45) is 16.6. The highest BCUT2D eigenvalue weighted by Crippen LogP contribution is 2.36. The molecule has 3 aromatic carbocycles. The van der Waals surface area contributed by atoms with Gasteiger partial charge in [-0.1, -0.05) is 66.8 Å². The van der Waals surface area contributed by atoms with Crippen molar-refractivity contribution in [1.29, 1.82) is 0 Å². The lowest BCUT2D eigenvalue weighted by atomic mass is 9.93. The number of anilines is 3. The summed E-state index contributed by atoms with van der Waals surface area (Å²) in [5.41, 5.74) is 9.03. The minimum Gasteiger partial charge on any atom is -0.311 e. The summed E-state index contributed by atoms with van der Waals surface area (Å²) in [5.74, 6) is 0. The van der Waals surface area contributed by atoms with E-state index in [2.05, 4.69) is 108 Å². The van der Waals surface area contributed by atoms with Crippen molar-refractivity contribution in [3.05, 3.63) is 114 Å². The Balaban J connectivity index is 1.48. The molecule has 0 bridgehead atoms. The second-order valence-corrected chi connectivity index (χ2v) is 8.38. The van der Waals surface area contributed by atoms with Crippen LogP contribution in [0.1, 0.15) is 49.7 Å². The van der Waals surface area contributed by atoms with Gasteiger partial charge in [0, 0.05) is 17.1 Å². The zero-order valence-corrected chi connectivity index (χ0v) is 18.0. The van der Waals surface area contributed by atoms with Crippen molar-refractivity contribution >= 4 is 28.2 Å². The molecule has 0 aromatic heterocycles. The first-order valence-corrected chi connectivity index (χ1v) is 11.5. The lowest BCUT2D eigenvalue weighted by Gasteiger charge is -2.26. The van der Waals surface area contributed by atoms with Crippen LogP contribution in [0.5, 0.6) is 0 Å². The van der Waals surface area contributed by atoms with Gasteiger partial charge in [-0.15, -0.1) is 0 Å². The SMILES string of the molecule is C1=CC(c2ccc(N(c3ccccc3)c3ccc(C4=CCCCC4)cc3)cc2)=CCC1. The average molecular weight is 404 g/mol. The molecule has 31 heavy (non-hydrogen) atoms. The van der Waals surface area contributed by atoms with Gasteiger partial charge in [0.05, 0.1) is 0 Å². The predicted molar refractivity (Wildman–Crippen MR) is 134 cm³/mol. The molecule has 0 fully saturated rings. The molecule has 0 heterocycles. The Morgan fingerprint density at radius 1 is 0.548 bits per heavy atom. The molecule has 0 aliphatic heterocycles. The van der Waals surface area contributed by atoms with Crippen molar-refractivity contribution in [2.24, 2.45) is 0 Å². The Kier molecular flexibility index (Phi) is 5.84. The summed E-state index contributed by atoms with van der Waals surface area (Å²) < 4.78 is 0. The summed E-state index contributed by atoms with van der Waals surface area (Å²) in [6, 6.07) is 28.7. The van der Waals surface area contributed by atoms with Crippen molar-refractivity contribution in [2.75, 3.05) is 4.90 Å². The van der Waals surface area contributed by atoms with Gasteiger partial charge in [0.25, 0.3) is 0 Å². The third kappa shape index (κ3) is 4.41. The zero-order valence-electron chi connectivity index (χ0n) is 18.0. The second-order valence-electron chi connectivity index (χ2n) is 8.38. The molecule has 0 amide bonds. The average Bonchev–Trinajstić information content (AvgIpc) is 2.87. The maximum absolute atomic E-state index is 2.42. The number of benzene rings is 3. The molecule has 0 saturated carbocycles. The standard InChI is InChI=1S/C30H29N/c1-4-10-24(11-5-1)26-16-20-29(21-17-26)31(28-14-8-3-9-15-28)30-22-18-27(19-23-30)25-12-6-2-7-13-25/h3-4,8-12,14-23H,1-2,5-7,13H2. The van der Waals surface area contributed by atoms with Crippen LogP contribution in [0.15, 0.2) is 103 Å². The molecule has 154 valence electrons. The van der Waals surface area contributed by atoms with Gasteiger partial charge in [0.15, 0.2) is 0 Å². The first-order valence-electron chi connectivity index (χ1n) is 11.5. The Morgan fingerprint density at radius 3 is 1.84 bits per heavy atom. The quantitative estimate of drug-likeness (QED) is 0.411. The van der Waals surface area contributed by atoms with E-state index in [4.69, 9.17) is 0 Å². The number of hydrogen-bond donors (Lipinski definition) is 0. The molecule has 0 saturated heterocycles. The first-order chi connectivity index (χ1) is 15.4. The van der Waals surface area contributed by atoms with Gasteiger partial charge in [-0.05, 0) is 97.2 Å². The summed E-state index contributed by atoms with van der Waals surface area (Å²) >= 11 is 0. The van der Waals surface area contributed by atoms with Crippen LogP contribution in [0.2, 0.25) is 0 Å². The Labute approximate surface area is 186 Å². The summed E-state index contributed by atoms with van der Waals surface area (Å²) in [7, 11) is 0. The smallest absolute Gasteiger partial charge is 0.0462 e. The van der Waals surface area contributed by atoms with Gasteiger partial charge in [-0.2, -0.15) is 0 Å². The number of rotatable bonds is 5. The van der Waals surface area contributed by atoms with E-state index in [0.29, 0.717) is 0 Å². The third-order valence-electron chi connectivity index (χ3n) is 6.26. The van der Waals surface area contributed by atoms with Crippen LogP contribution in [-0.4, -0.2) is 0 Å². The van der Waals surface area contributed by atoms with Crippen LogP contribution in [0.3, 0.4) is 0 Å². The maximum Gasteiger partial charge on any atom is 0.0462 e. The van der Waals surface area contributed by atoms with Gasteiger partial charge in [-0.3, -0.25) is 0 Å². The van der Waals surface area contributed by atoms with E-state index >= 15 is 0 Å². The second kappa shape index (κ2) is 9.22.